The summed E-state index contributed by atoms with van der Waals surface area (Å²) in [4.78, 5) is 21.5. The topological polar surface area (TPSA) is 151 Å². The van der Waals surface area contributed by atoms with E-state index < -0.39 is 48.1 Å². The highest BCUT2D eigenvalue weighted by molar-refractivity contribution is 5.73. The number of nitro benzene ring substituents is 1. The molecular formula is C14H18N2O8. The number of aliphatic hydroxyl groups excluding tert-OH is 3. The van der Waals surface area contributed by atoms with Crippen LogP contribution in [0.15, 0.2) is 24.3 Å². The van der Waals surface area contributed by atoms with Crippen LogP contribution in [-0.2, 0) is 9.53 Å². The molecule has 0 aromatic heterocycles. The minimum absolute atomic E-state index is 0.0739. The predicted molar refractivity (Wildman–Crippen MR) is 79.1 cm³/mol. The molecule has 0 aliphatic carbocycles. The zero-order valence-electron chi connectivity index (χ0n) is 12.7. The number of amides is 1. The number of nitrogens with zero attached hydrogens (tertiary/aromatic N) is 1. The van der Waals surface area contributed by atoms with Crippen molar-refractivity contribution in [2.24, 2.45) is 0 Å². The molecule has 10 nitrogen and oxygen atoms in total. The van der Waals surface area contributed by atoms with Gasteiger partial charge in [0, 0.05) is 13.0 Å². The summed E-state index contributed by atoms with van der Waals surface area (Å²) in [7, 11) is 0. The van der Waals surface area contributed by atoms with Gasteiger partial charge in [-0.25, -0.2) is 0 Å². The molecule has 5 atom stereocenters. The Hall–Kier alpha value is -2.27. The van der Waals surface area contributed by atoms with Crippen molar-refractivity contribution in [3.05, 3.63) is 34.4 Å². The summed E-state index contributed by atoms with van der Waals surface area (Å²) in [5, 5.41) is 42.4. The highest BCUT2D eigenvalue weighted by Crippen LogP contribution is 2.26. The van der Waals surface area contributed by atoms with Gasteiger partial charge in [0.2, 0.25) is 12.2 Å². The van der Waals surface area contributed by atoms with Crippen molar-refractivity contribution < 1.29 is 34.5 Å². The number of non-ortho nitro benzene ring substituents is 1. The summed E-state index contributed by atoms with van der Waals surface area (Å²) in [6.07, 6.45) is -5.28. The molecule has 10 heteroatoms. The van der Waals surface area contributed by atoms with Gasteiger partial charge in [-0.2, -0.15) is 0 Å². The molecule has 0 spiro atoms. The van der Waals surface area contributed by atoms with Crippen LogP contribution < -0.4 is 10.1 Å². The van der Waals surface area contributed by atoms with Gasteiger partial charge in [0.1, 0.15) is 30.1 Å². The van der Waals surface area contributed by atoms with Gasteiger partial charge in [-0.05, 0) is 6.07 Å². The molecule has 1 aromatic rings. The average Bonchev–Trinajstić information content (AvgIpc) is 2.54. The number of hydrogen-bond donors (Lipinski definition) is 4. The fraction of sp³-hybridized carbons (Fsp3) is 0.500. The molecule has 0 saturated carbocycles. The molecule has 0 bridgehead atoms. The van der Waals surface area contributed by atoms with Crippen LogP contribution in [0.5, 0.6) is 5.75 Å². The van der Waals surface area contributed by atoms with Gasteiger partial charge in [-0.3, -0.25) is 14.9 Å². The van der Waals surface area contributed by atoms with E-state index in [2.05, 4.69) is 5.32 Å². The summed E-state index contributed by atoms with van der Waals surface area (Å²) >= 11 is 0. The number of benzene rings is 1. The molecule has 1 aromatic carbocycles. The maximum Gasteiger partial charge on any atom is 0.273 e. The van der Waals surface area contributed by atoms with E-state index in [0.717, 1.165) is 6.07 Å². The fourth-order valence-electron chi connectivity index (χ4n) is 2.38. The second kappa shape index (κ2) is 7.53. The quantitative estimate of drug-likeness (QED) is 0.389. The van der Waals surface area contributed by atoms with Gasteiger partial charge in [0.15, 0.2) is 0 Å². The molecule has 2 rings (SSSR count). The van der Waals surface area contributed by atoms with Crippen molar-refractivity contribution in [3.8, 4) is 5.75 Å². The molecule has 1 aliphatic rings. The first-order valence-electron chi connectivity index (χ1n) is 7.14. The zero-order chi connectivity index (χ0) is 17.9. The minimum atomic E-state index is -1.46. The summed E-state index contributed by atoms with van der Waals surface area (Å²) in [5.74, 6) is -0.422. The molecule has 1 saturated heterocycles. The fourth-order valence-corrected chi connectivity index (χ4v) is 2.38. The number of nitrogens with one attached hydrogen (secondary N) is 1. The third kappa shape index (κ3) is 3.97. The molecule has 0 radical (unpaired) electrons. The standard InChI is InChI=1S/C14H18N2O8/c1-7(18)15-11-13(20)12(19)10(6-17)24-14(11)23-9-4-2-3-8(5-9)16(21)22/h2-5,10-14,17,19-20H,6H2,1H3,(H,15,18)/t10-,11+,12+,13+,14-/m1/s1. The summed E-state index contributed by atoms with van der Waals surface area (Å²) in [6.45, 7) is 0.626. The molecular weight excluding hydrogens is 324 g/mol. The van der Waals surface area contributed by atoms with Crippen LogP contribution >= 0.6 is 0 Å². The number of ether oxygens (including phenoxy) is 2. The van der Waals surface area contributed by atoms with E-state index in [1.54, 1.807) is 0 Å². The highest BCUT2D eigenvalue weighted by atomic mass is 16.7. The third-order valence-corrected chi connectivity index (χ3v) is 3.53. The lowest BCUT2D eigenvalue weighted by molar-refractivity contribution is -0.385. The molecule has 4 N–H and O–H groups in total. The average molecular weight is 342 g/mol. The normalized spacial score (nSPS) is 29.8. The summed E-state index contributed by atoms with van der Waals surface area (Å²) in [6, 6.07) is 4.14. The number of carbonyl (C=O) groups is 1. The largest absolute Gasteiger partial charge is 0.462 e. The van der Waals surface area contributed by atoms with E-state index in [-0.39, 0.29) is 11.4 Å². The first kappa shape index (κ1) is 18.1. The molecule has 1 fully saturated rings. The zero-order valence-corrected chi connectivity index (χ0v) is 12.7. The van der Waals surface area contributed by atoms with Crippen molar-refractivity contribution in [1.29, 1.82) is 0 Å². The van der Waals surface area contributed by atoms with Crippen LogP contribution in [0.1, 0.15) is 6.92 Å². The van der Waals surface area contributed by atoms with Gasteiger partial charge < -0.3 is 30.1 Å². The van der Waals surface area contributed by atoms with Crippen LogP contribution in [0.25, 0.3) is 0 Å². The number of rotatable bonds is 5. The van der Waals surface area contributed by atoms with E-state index in [9.17, 15) is 30.2 Å². The molecule has 132 valence electrons. The lowest BCUT2D eigenvalue weighted by atomic mass is 9.97. The monoisotopic (exact) mass is 342 g/mol. The predicted octanol–water partition coefficient (Wildman–Crippen LogP) is -1.08. The van der Waals surface area contributed by atoms with Crippen LogP contribution in [0.4, 0.5) is 5.69 Å². The Bertz CT molecular complexity index is 610. The Morgan fingerprint density at radius 2 is 2.12 bits per heavy atom. The van der Waals surface area contributed by atoms with Gasteiger partial charge in [0.05, 0.1) is 17.6 Å². The summed E-state index contributed by atoms with van der Waals surface area (Å²) < 4.78 is 10.9. The minimum Gasteiger partial charge on any atom is -0.462 e. The van der Waals surface area contributed by atoms with Gasteiger partial charge in [0.25, 0.3) is 5.69 Å². The van der Waals surface area contributed by atoms with Crippen molar-refractivity contribution in [3.63, 3.8) is 0 Å². The lowest BCUT2D eigenvalue weighted by Crippen LogP contribution is -2.65. The van der Waals surface area contributed by atoms with Gasteiger partial charge >= 0.3 is 0 Å². The van der Waals surface area contributed by atoms with Gasteiger partial charge in [-0.15, -0.1) is 0 Å². The van der Waals surface area contributed by atoms with E-state index in [0.29, 0.717) is 0 Å². The highest BCUT2D eigenvalue weighted by Gasteiger charge is 2.46. The Kier molecular flexibility index (Phi) is 5.67. The molecule has 0 unspecified atom stereocenters. The van der Waals surface area contributed by atoms with Crippen LogP contribution in [-0.4, -0.2) is 63.4 Å². The number of aliphatic hydroxyl groups is 3. The van der Waals surface area contributed by atoms with E-state index in [1.165, 1.54) is 25.1 Å². The smallest absolute Gasteiger partial charge is 0.273 e. The van der Waals surface area contributed by atoms with E-state index in [4.69, 9.17) is 9.47 Å². The Morgan fingerprint density at radius 3 is 2.71 bits per heavy atom. The van der Waals surface area contributed by atoms with Crippen molar-refractivity contribution in [1.82, 2.24) is 5.32 Å². The second-order valence-corrected chi connectivity index (χ2v) is 5.31. The Labute approximate surface area is 136 Å². The first-order chi connectivity index (χ1) is 11.3. The number of hydrogen-bond acceptors (Lipinski definition) is 8. The molecule has 1 aliphatic heterocycles. The van der Waals surface area contributed by atoms with Gasteiger partial charge in [-0.1, -0.05) is 6.07 Å². The maximum atomic E-state index is 11.3. The van der Waals surface area contributed by atoms with Crippen LogP contribution in [0.3, 0.4) is 0 Å². The molecule has 24 heavy (non-hydrogen) atoms. The summed E-state index contributed by atoms with van der Waals surface area (Å²) in [5.41, 5.74) is -0.210. The van der Waals surface area contributed by atoms with Crippen molar-refractivity contribution >= 4 is 11.6 Å². The van der Waals surface area contributed by atoms with Crippen LogP contribution in [0, 0.1) is 10.1 Å². The van der Waals surface area contributed by atoms with Crippen LogP contribution in [0.2, 0.25) is 0 Å². The Morgan fingerprint density at radius 1 is 1.42 bits per heavy atom. The lowest BCUT2D eigenvalue weighted by Gasteiger charge is -2.42. The maximum absolute atomic E-state index is 11.3. The number of carbonyl (C=O) groups excluding carboxylic acids is 1. The number of nitro groups is 1. The molecule has 1 amide bonds. The van der Waals surface area contributed by atoms with E-state index >= 15 is 0 Å². The molecule has 1 heterocycles. The second-order valence-electron chi connectivity index (χ2n) is 5.31. The van der Waals surface area contributed by atoms with E-state index in [1.807, 2.05) is 0 Å². The SMILES string of the molecule is CC(=O)N[C@@H]1[C@H](Oc2cccc([N+](=O)[O-])c2)O[C@H](CO)[C@H](O)[C@H]1O. The Balaban J connectivity index is 2.24. The van der Waals surface area contributed by atoms with Crippen molar-refractivity contribution in [2.45, 2.75) is 37.6 Å². The van der Waals surface area contributed by atoms with Crippen molar-refractivity contribution in [2.75, 3.05) is 6.61 Å². The third-order valence-electron chi connectivity index (χ3n) is 3.53. The first-order valence-corrected chi connectivity index (χ1v) is 7.14.